The first-order valence-electron chi connectivity index (χ1n) is 7.06. The van der Waals surface area contributed by atoms with Crippen LogP contribution in [0.4, 0.5) is 11.6 Å². The zero-order chi connectivity index (χ0) is 19.2. The van der Waals surface area contributed by atoms with Crippen molar-refractivity contribution in [2.45, 2.75) is 13.8 Å². The summed E-state index contributed by atoms with van der Waals surface area (Å²) < 4.78 is 0. The molecule has 28 heavy (non-hydrogen) atoms. The molecule has 2 rings (SSSR count). The summed E-state index contributed by atoms with van der Waals surface area (Å²) in [4.78, 5) is 27.2. The topological polar surface area (TPSA) is 181 Å². The largest absolute Gasteiger partial charge is 2.00 e. The van der Waals surface area contributed by atoms with Crippen molar-refractivity contribution in [2.75, 3.05) is 5.32 Å². The van der Waals surface area contributed by atoms with E-state index in [0.717, 1.165) is 11.6 Å². The van der Waals surface area contributed by atoms with Gasteiger partial charge in [0.2, 0.25) is 0 Å². The fourth-order valence-electron chi connectivity index (χ4n) is 1.00. The molecule has 0 atom stereocenters. The second-order valence-corrected chi connectivity index (χ2v) is 4.69. The third kappa shape index (κ3) is 17.7. The predicted molar refractivity (Wildman–Crippen MR) is 98.6 cm³/mol. The quantitative estimate of drug-likeness (QED) is 0.481. The number of carbonyl (C=O) groups is 2. The molecular formula is C18H23N3NiO6. The summed E-state index contributed by atoms with van der Waals surface area (Å²) in [6, 6.07) is 11.4. The molecule has 0 aliphatic rings. The Hall–Kier alpha value is -3.07. The number of carboxylic acids is 2. The average Bonchev–Trinajstić information content (AvgIpc) is 2.57. The van der Waals surface area contributed by atoms with Crippen LogP contribution in [0.3, 0.4) is 0 Å². The van der Waals surface area contributed by atoms with Crippen molar-refractivity contribution in [1.82, 2.24) is 9.97 Å². The zero-order valence-electron chi connectivity index (χ0n) is 15.4. The van der Waals surface area contributed by atoms with Crippen molar-refractivity contribution >= 4 is 23.6 Å². The van der Waals surface area contributed by atoms with Crippen LogP contribution in [0.5, 0.6) is 0 Å². The van der Waals surface area contributed by atoms with E-state index in [1.165, 1.54) is 13.8 Å². The van der Waals surface area contributed by atoms with Gasteiger partial charge in [-0.1, -0.05) is 25.3 Å². The van der Waals surface area contributed by atoms with Crippen LogP contribution >= 0.6 is 0 Å². The number of aliphatic carboxylic acids is 2. The molecule has 0 aliphatic heterocycles. The Balaban J connectivity index is -0.000000167. The van der Waals surface area contributed by atoms with Gasteiger partial charge in [-0.15, -0.1) is 0 Å². The summed E-state index contributed by atoms with van der Waals surface area (Å²) in [5, 5.41) is 22.1. The molecule has 0 saturated heterocycles. The van der Waals surface area contributed by atoms with E-state index >= 15 is 0 Å². The van der Waals surface area contributed by atoms with E-state index < -0.39 is 11.9 Å². The minimum absolute atomic E-state index is 0. The number of pyridine rings is 2. The molecule has 2 aromatic rings. The van der Waals surface area contributed by atoms with Crippen molar-refractivity contribution in [3.05, 3.63) is 73.1 Å². The van der Waals surface area contributed by atoms with Gasteiger partial charge in [0.25, 0.3) is 0 Å². The van der Waals surface area contributed by atoms with Gasteiger partial charge in [0.15, 0.2) is 0 Å². The number of hydrogen-bond acceptors (Lipinski definition) is 7. The van der Waals surface area contributed by atoms with Crippen molar-refractivity contribution in [3.63, 3.8) is 0 Å². The maximum absolute atomic E-state index is 9.49. The van der Waals surface area contributed by atoms with Gasteiger partial charge in [-0.25, -0.2) is 9.97 Å². The van der Waals surface area contributed by atoms with Crippen LogP contribution in [-0.4, -0.2) is 32.9 Å². The molecule has 0 aliphatic carbocycles. The minimum Gasteiger partial charge on any atom is -0.545 e. The number of carbonyl (C=O) groups excluding carboxylic acids is 2. The van der Waals surface area contributed by atoms with Gasteiger partial charge in [0.1, 0.15) is 11.6 Å². The van der Waals surface area contributed by atoms with Crippen LogP contribution in [0.2, 0.25) is 0 Å². The summed E-state index contributed by atoms with van der Waals surface area (Å²) in [7, 11) is 0. The fourth-order valence-corrected chi connectivity index (χ4v) is 1.00. The smallest absolute Gasteiger partial charge is 0.545 e. The SMILES string of the molecule is C=C(C)C(=O)[O-].C=C(C)C(=O)[O-].O.O.[Ni+2].c1ccc(Nc2ccccn2)nc1. The normalized spacial score (nSPS) is 7.64. The van der Waals surface area contributed by atoms with Crippen molar-refractivity contribution in [1.29, 1.82) is 0 Å². The van der Waals surface area contributed by atoms with Crippen LogP contribution in [0.25, 0.3) is 0 Å². The number of aromatic nitrogens is 2. The summed E-state index contributed by atoms with van der Waals surface area (Å²) in [5.41, 5.74) is 0.130. The molecule has 9 nitrogen and oxygen atoms in total. The Morgan fingerprint density at radius 3 is 1.29 bits per heavy atom. The van der Waals surface area contributed by atoms with Gasteiger partial charge in [0, 0.05) is 12.4 Å². The summed E-state index contributed by atoms with van der Waals surface area (Å²) in [6.45, 7) is 8.95. The Bertz CT molecular complexity index is 626. The molecular weight excluding hydrogens is 413 g/mol. The predicted octanol–water partition coefficient (Wildman–Crippen LogP) is -0.807. The van der Waals surface area contributed by atoms with Crippen LogP contribution in [0.1, 0.15) is 13.8 Å². The Kier molecular flexibility index (Phi) is 21.8. The molecule has 2 heterocycles. The van der Waals surface area contributed by atoms with Gasteiger partial charge in [-0.05, 0) is 49.3 Å². The summed E-state index contributed by atoms with van der Waals surface area (Å²) >= 11 is 0. The molecule has 156 valence electrons. The van der Waals surface area contributed by atoms with E-state index in [9.17, 15) is 19.8 Å². The van der Waals surface area contributed by atoms with Crippen molar-refractivity contribution < 1.29 is 47.2 Å². The molecule has 0 amide bonds. The van der Waals surface area contributed by atoms with E-state index in [-0.39, 0.29) is 38.6 Å². The van der Waals surface area contributed by atoms with Crippen LogP contribution < -0.4 is 15.5 Å². The molecule has 0 unspecified atom stereocenters. The molecule has 0 saturated carbocycles. The number of nitrogens with one attached hydrogen (secondary N) is 1. The molecule has 5 N–H and O–H groups in total. The number of carboxylic acid groups (broad SMARTS) is 2. The van der Waals surface area contributed by atoms with Crippen molar-refractivity contribution in [2.24, 2.45) is 0 Å². The molecule has 0 bridgehead atoms. The van der Waals surface area contributed by atoms with Gasteiger partial charge in [-0.2, -0.15) is 0 Å². The second kappa shape index (κ2) is 18.7. The van der Waals surface area contributed by atoms with Crippen LogP contribution in [0.15, 0.2) is 73.1 Å². The van der Waals surface area contributed by atoms with Crippen LogP contribution in [-0.2, 0) is 26.1 Å². The molecule has 0 aromatic carbocycles. The molecule has 10 heteroatoms. The summed E-state index contributed by atoms with van der Waals surface area (Å²) in [5.74, 6) is -0.757. The van der Waals surface area contributed by atoms with Crippen molar-refractivity contribution in [3.8, 4) is 0 Å². The fraction of sp³-hybridized carbons (Fsp3) is 0.111. The van der Waals surface area contributed by atoms with E-state index in [2.05, 4.69) is 28.4 Å². The Morgan fingerprint density at radius 2 is 1.11 bits per heavy atom. The number of nitrogens with zero attached hydrogens (tertiary/aromatic N) is 2. The standard InChI is InChI=1S/C10H9N3.2C4H6O2.Ni.2H2O/c1-3-7-11-9(5-1)13-10-6-2-4-8-12-10;2*1-3(2)4(5)6;;;/h1-8H,(H,11,12,13);2*1H2,2H3,(H,5,6);;2*1H2/q;;;+2;;/p-2. The third-order valence-corrected chi connectivity index (χ3v) is 2.28. The first kappa shape index (κ1) is 32.6. The number of anilines is 2. The number of rotatable bonds is 4. The van der Waals surface area contributed by atoms with E-state index in [4.69, 9.17) is 0 Å². The monoisotopic (exact) mass is 435 g/mol. The molecule has 0 radical (unpaired) electrons. The third-order valence-electron chi connectivity index (χ3n) is 2.28. The van der Waals surface area contributed by atoms with Crippen LogP contribution in [0, 0.1) is 0 Å². The average molecular weight is 436 g/mol. The van der Waals surface area contributed by atoms with Gasteiger partial charge < -0.3 is 36.1 Å². The maximum Gasteiger partial charge on any atom is 2.00 e. The number of hydrogen-bond donors (Lipinski definition) is 1. The molecule has 2 aromatic heterocycles. The van der Waals surface area contributed by atoms with E-state index in [1.54, 1.807) is 12.4 Å². The maximum atomic E-state index is 9.49. The second-order valence-electron chi connectivity index (χ2n) is 4.69. The first-order valence-corrected chi connectivity index (χ1v) is 7.06. The Morgan fingerprint density at radius 1 is 0.821 bits per heavy atom. The zero-order valence-corrected chi connectivity index (χ0v) is 16.4. The Labute approximate surface area is 173 Å². The first-order chi connectivity index (χ1) is 11.7. The minimum atomic E-state index is -1.19. The molecule has 0 fully saturated rings. The van der Waals surface area contributed by atoms with Gasteiger partial charge >= 0.3 is 16.5 Å². The summed E-state index contributed by atoms with van der Waals surface area (Å²) in [6.07, 6.45) is 3.48. The van der Waals surface area contributed by atoms with E-state index in [0.29, 0.717) is 0 Å². The molecule has 0 spiro atoms. The van der Waals surface area contributed by atoms with Gasteiger partial charge in [0.05, 0.1) is 11.9 Å². The van der Waals surface area contributed by atoms with E-state index in [1.807, 2.05) is 36.4 Å². The van der Waals surface area contributed by atoms with Gasteiger partial charge in [-0.3, -0.25) is 0 Å².